The zero-order valence-electron chi connectivity index (χ0n) is 11.4. The highest BCUT2D eigenvalue weighted by molar-refractivity contribution is 5.78. The lowest BCUT2D eigenvalue weighted by Crippen LogP contribution is -2.31. The summed E-state index contributed by atoms with van der Waals surface area (Å²) in [6.45, 7) is 2.77. The SMILES string of the molecule is CCCC1CC1NC(=O)COc1ccc(CN)cc1. The maximum absolute atomic E-state index is 11.7. The molecule has 2 unspecified atom stereocenters. The van der Waals surface area contributed by atoms with Crippen LogP contribution in [0, 0.1) is 5.92 Å². The van der Waals surface area contributed by atoms with Gasteiger partial charge >= 0.3 is 0 Å². The van der Waals surface area contributed by atoms with Crippen molar-refractivity contribution in [2.45, 2.75) is 38.8 Å². The third kappa shape index (κ3) is 4.24. The van der Waals surface area contributed by atoms with Crippen molar-refractivity contribution < 1.29 is 9.53 Å². The molecule has 0 heterocycles. The Morgan fingerprint density at radius 1 is 1.42 bits per heavy atom. The molecule has 4 nitrogen and oxygen atoms in total. The maximum Gasteiger partial charge on any atom is 0.258 e. The molecule has 0 spiro atoms. The Hall–Kier alpha value is -1.55. The van der Waals surface area contributed by atoms with Crippen LogP contribution in [0.5, 0.6) is 5.75 Å². The van der Waals surface area contributed by atoms with Gasteiger partial charge in [0.15, 0.2) is 6.61 Å². The molecule has 104 valence electrons. The first kappa shape index (κ1) is 13.9. The van der Waals surface area contributed by atoms with Crippen molar-refractivity contribution in [3.63, 3.8) is 0 Å². The molecule has 2 rings (SSSR count). The van der Waals surface area contributed by atoms with E-state index in [1.165, 1.54) is 12.8 Å². The quantitative estimate of drug-likeness (QED) is 0.788. The van der Waals surface area contributed by atoms with Crippen molar-refractivity contribution in [1.29, 1.82) is 0 Å². The van der Waals surface area contributed by atoms with Crippen LogP contribution in [0.2, 0.25) is 0 Å². The molecule has 1 fully saturated rings. The highest BCUT2D eigenvalue weighted by atomic mass is 16.5. The molecule has 0 aliphatic heterocycles. The van der Waals surface area contributed by atoms with Crippen molar-refractivity contribution in [3.8, 4) is 5.75 Å². The first-order valence-electron chi connectivity index (χ1n) is 6.94. The molecular weight excluding hydrogens is 240 g/mol. The normalized spacial score (nSPS) is 20.9. The van der Waals surface area contributed by atoms with E-state index in [4.69, 9.17) is 10.5 Å². The van der Waals surface area contributed by atoms with Gasteiger partial charge in [-0.25, -0.2) is 0 Å². The van der Waals surface area contributed by atoms with E-state index in [-0.39, 0.29) is 12.5 Å². The molecule has 1 aromatic rings. The number of ether oxygens (including phenoxy) is 1. The van der Waals surface area contributed by atoms with Gasteiger partial charge < -0.3 is 15.8 Å². The van der Waals surface area contributed by atoms with Crippen LogP contribution in [0.25, 0.3) is 0 Å². The molecule has 1 aromatic carbocycles. The van der Waals surface area contributed by atoms with E-state index in [2.05, 4.69) is 12.2 Å². The predicted molar refractivity (Wildman–Crippen MR) is 74.8 cm³/mol. The summed E-state index contributed by atoms with van der Waals surface area (Å²) in [5.41, 5.74) is 6.57. The van der Waals surface area contributed by atoms with Gasteiger partial charge in [-0.15, -0.1) is 0 Å². The van der Waals surface area contributed by atoms with Gasteiger partial charge in [0.1, 0.15) is 5.75 Å². The third-order valence-electron chi connectivity index (χ3n) is 3.46. The fraction of sp³-hybridized carbons (Fsp3) is 0.533. The van der Waals surface area contributed by atoms with Crippen molar-refractivity contribution in [2.75, 3.05) is 6.61 Å². The van der Waals surface area contributed by atoms with Crippen LogP contribution in [-0.2, 0) is 11.3 Å². The molecule has 1 aliphatic carbocycles. The Bertz CT molecular complexity index is 417. The second-order valence-corrected chi connectivity index (χ2v) is 5.10. The number of hydrogen-bond acceptors (Lipinski definition) is 3. The van der Waals surface area contributed by atoms with Crippen LogP contribution in [0.3, 0.4) is 0 Å². The summed E-state index contributed by atoms with van der Waals surface area (Å²) in [4.78, 5) is 11.7. The molecule has 1 aliphatic rings. The minimum atomic E-state index is -0.0356. The number of nitrogens with one attached hydrogen (secondary N) is 1. The van der Waals surface area contributed by atoms with Crippen LogP contribution < -0.4 is 15.8 Å². The van der Waals surface area contributed by atoms with Crippen LogP contribution in [0.4, 0.5) is 0 Å². The molecule has 1 saturated carbocycles. The van der Waals surface area contributed by atoms with Gasteiger partial charge in [-0.1, -0.05) is 25.5 Å². The number of hydrogen-bond donors (Lipinski definition) is 2. The fourth-order valence-electron chi connectivity index (χ4n) is 2.23. The molecule has 2 atom stereocenters. The van der Waals surface area contributed by atoms with E-state index < -0.39 is 0 Å². The highest BCUT2D eigenvalue weighted by Crippen LogP contribution is 2.34. The number of carbonyl (C=O) groups excluding carboxylic acids is 1. The third-order valence-corrected chi connectivity index (χ3v) is 3.46. The first-order chi connectivity index (χ1) is 9.22. The molecule has 4 heteroatoms. The molecular formula is C15H22N2O2. The number of rotatable bonds is 7. The van der Waals surface area contributed by atoms with Crippen molar-refractivity contribution in [2.24, 2.45) is 11.7 Å². The number of benzene rings is 1. The summed E-state index contributed by atoms with van der Waals surface area (Å²) < 4.78 is 5.44. The van der Waals surface area contributed by atoms with E-state index in [0.29, 0.717) is 24.3 Å². The van der Waals surface area contributed by atoms with Crippen molar-refractivity contribution >= 4 is 5.91 Å². The Kier molecular flexibility index (Phi) is 4.80. The zero-order chi connectivity index (χ0) is 13.7. The Labute approximate surface area is 114 Å². The van der Waals surface area contributed by atoms with Gasteiger partial charge in [0.2, 0.25) is 0 Å². The summed E-state index contributed by atoms with van der Waals surface area (Å²) in [7, 11) is 0. The largest absolute Gasteiger partial charge is 0.484 e. The molecule has 19 heavy (non-hydrogen) atoms. The Balaban J connectivity index is 1.68. The molecule has 0 aromatic heterocycles. The van der Waals surface area contributed by atoms with Gasteiger partial charge in [-0.05, 0) is 36.5 Å². The van der Waals surface area contributed by atoms with Crippen molar-refractivity contribution in [1.82, 2.24) is 5.32 Å². The average Bonchev–Trinajstić information content (AvgIpc) is 3.15. The maximum atomic E-state index is 11.7. The summed E-state index contributed by atoms with van der Waals surface area (Å²) >= 11 is 0. The molecule has 1 amide bonds. The fourth-order valence-corrected chi connectivity index (χ4v) is 2.23. The number of amides is 1. The van der Waals surface area contributed by atoms with Gasteiger partial charge in [-0.3, -0.25) is 4.79 Å². The second kappa shape index (κ2) is 6.57. The Morgan fingerprint density at radius 2 is 2.16 bits per heavy atom. The monoisotopic (exact) mass is 262 g/mol. The van der Waals surface area contributed by atoms with Crippen LogP contribution in [0.1, 0.15) is 31.7 Å². The summed E-state index contributed by atoms with van der Waals surface area (Å²) in [6.07, 6.45) is 3.50. The average molecular weight is 262 g/mol. The van der Waals surface area contributed by atoms with E-state index >= 15 is 0 Å². The van der Waals surface area contributed by atoms with Gasteiger partial charge in [0.25, 0.3) is 5.91 Å². The lowest BCUT2D eigenvalue weighted by atomic mass is 10.2. The van der Waals surface area contributed by atoms with E-state index in [0.717, 1.165) is 12.0 Å². The minimum absolute atomic E-state index is 0.0356. The van der Waals surface area contributed by atoms with E-state index in [1.807, 2.05) is 24.3 Å². The standard InChI is InChI=1S/C15H22N2O2/c1-2-3-12-8-14(12)17-15(18)10-19-13-6-4-11(9-16)5-7-13/h4-7,12,14H,2-3,8-10,16H2,1H3,(H,17,18). The van der Waals surface area contributed by atoms with E-state index in [9.17, 15) is 4.79 Å². The van der Waals surface area contributed by atoms with Gasteiger partial charge in [0, 0.05) is 12.6 Å². The lowest BCUT2D eigenvalue weighted by Gasteiger charge is -2.07. The molecule has 0 bridgehead atoms. The van der Waals surface area contributed by atoms with Crippen molar-refractivity contribution in [3.05, 3.63) is 29.8 Å². The number of nitrogens with two attached hydrogens (primary N) is 1. The van der Waals surface area contributed by atoms with Gasteiger partial charge in [0.05, 0.1) is 0 Å². The Morgan fingerprint density at radius 3 is 2.79 bits per heavy atom. The summed E-state index contributed by atoms with van der Waals surface area (Å²) in [6, 6.07) is 7.87. The van der Waals surface area contributed by atoms with E-state index in [1.54, 1.807) is 0 Å². The van der Waals surface area contributed by atoms with Gasteiger partial charge in [-0.2, -0.15) is 0 Å². The summed E-state index contributed by atoms with van der Waals surface area (Å²) in [5.74, 6) is 1.34. The molecule has 0 saturated heterocycles. The lowest BCUT2D eigenvalue weighted by molar-refractivity contribution is -0.123. The topological polar surface area (TPSA) is 64.3 Å². The minimum Gasteiger partial charge on any atom is -0.484 e. The number of carbonyl (C=O) groups is 1. The smallest absolute Gasteiger partial charge is 0.258 e. The predicted octanol–water partition coefficient (Wildman–Crippen LogP) is 1.83. The molecule has 0 radical (unpaired) electrons. The zero-order valence-corrected chi connectivity index (χ0v) is 11.4. The molecule has 3 N–H and O–H groups in total. The highest BCUT2D eigenvalue weighted by Gasteiger charge is 2.36. The summed E-state index contributed by atoms with van der Waals surface area (Å²) in [5, 5.41) is 3.00. The first-order valence-corrected chi connectivity index (χ1v) is 6.94. The second-order valence-electron chi connectivity index (χ2n) is 5.10. The van der Waals surface area contributed by atoms with Crippen LogP contribution in [0.15, 0.2) is 24.3 Å². The van der Waals surface area contributed by atoms with Crippen LogP contribution >= 0.6 is 0 Å². The van der Waals surface area contributed by atoms with Crippen LogP contribution in [-0.4, -0.2) is 18.6 Å².